The van der Waals surface area contributed by atoms with Gasteiger partial charge in [0.15, 0.2) is 0 Å². The highest BCUT2D eigenvalue weighted by atomic mass is 16.3. The molecular formula is C9H18NO. The third kappa shape index (κ3) is 3.73. The van der Waals surface area contributed by atoms with Crippen LogP contribution in [0.2, 0.25) is 0 Å². The first kappa shape index (κ1) is 9.01. The fraction of sp³-hybridized carbons (Fsp3) is 0.889. The molecule has 0 aromatic carbocycles. The van der Waals surface area contributed by atoms with Crippen molar-refractivity contribution in [2.24, 2.45) is 0 Å². The van der Waals surface area contributed by atoms with Crippen LogP contribution in [0.4, 0.5) is 0 Å². The highest BCUT2D eigenvalue weighted by molar-refractivity contribution is 4.67. The average Bonchev–Trinajstić information content (AvgIpc) is 2.03. The third-order valence-corrected chi connectivity index (χ3v) is 2.23. The standard InChI is InChI=1S/C9H18NO/c1-9(11)5-8-10-6-3-2-4-7-10/h9,11H,1-8H2. The van der Waals surface area contributed by atoms with Gasteiger partial charge in [-0.05, 0) is 39.3 Å². The van der Waals surface area contributed by atoms with E-state index in [9.17, 15) is 0 Å². The molecule has 0 amide bonds. The fourth-order valence-electron chi connectivity index (χ4n) is 1.51. The zero-order valence-corrected chi connectivity index (χ0v) is 7.13. The van der Waals surface area contributed by atoms with Crippen LogP contribution in [0.1, 0.15) is 25.7 Å². The maximum absolute atomic E-state index is 8.95. The van der Waals surface area contributed by atoms with Crippen molar-refractivity contribution < 1.29 is 5.11 Å². The molecule has 0 saturated carbocycles. The molecule has 1 rings (SSSR count). The Kier molecular flexibility index (Phi) is 3.87. The van der Waals surface area contributed by atoms with Crippen molar-refractivity contribution in [2.75, 3.05) is 19.6 Å². The Labute approximate surface area is 69.2 Å². The van der Waals surface area contributed by atoms with Crippen molar-refractivity contribution in [2.45, 2.75) is 31.8 Å². The summed E-state index contributed by atoms with van der Waals surface area (Å²) in [6.45, 7) is 7.00. The molecule has 0 aliphatic carbocycles. The van der Waals surface area contributed by atoms with Gasteiger partial charge in [0.25, 0.3) is 0 Å². The minimum absolute atomic E-state index is 0.378. The molecule has 1 atom stereocenters. The smallest absolute Gasteiger partial charge is 0.0553 e. The molecule has 1 aliphatic heterocycles. The normalized spacial score (nSPS) is 23.5. The minimum Gasteiger partial charge on any atom is -0.393 e. The summed E-state index contributed by atoms with van der Waals surface area (Å²) in [5, 5.41) is 8.95. The van der Waals surface area contributed by atoms with Gasteiger partial charge in [-0.1, -0.05) is 6.42 Å². The number of aliphatic hydroxyl groups excluding tert-OH is 1. The van der Waals surface area contributed by atoms with Crippen LogP contribution in [0, 0.1) is 6.92 Å². The average molecular weight is 156 g/mol. The molecule has 1 radical (unpaired) electrons. The van der Waals surface area contributed by atoms with Gasteiger partial charge in [-0.2, -0.15) is 0 Å². The van der Waals surface area contributed by atoms with E-state index in [2.05, 4.69) is 11.8 Å². The van der Waals surface area contributed by atoms with Crippen LogP contribution < -0.4 is 0 Å². The lowest BCUT2D eigenvalue weighted by Crippen LogP contribution is -2.31. The first-order valence-electron chi connectivity index (χ1n) is 4.52. The Morgan fingerprint density at radius 3 is 2.45 bits per heavy atom. The second-order valence-electron chi connectivity index (χ2n) is 3.34. The van der Waals surface area contributed by atoms with Crippen molar-refractivity contribution in [3.05, 3.63) is 6.92 Å². The first-order valence-corrected chi connectivity index (χ1v) is 4.52. The number of aliphatic hydroxyl groups is 1. The Hall–Kier alpha value is -0.0800. The third-order valence-electron chi connectivity index (χ3n) is 2.23. The van der Waals surface area contributed by atoms with Gasteiger partial charge in [-0.25, -0.2) is 0 Å². The number of likely N-dealkylation sites (tertiary alicyclic amines) is 1. The number of rotatable bonds is 3. The van der Waals surface area contributed by atoms with Crippen LogP contribution in [0.3, 0.4) is 0 Å². The van der Waals surface area contributed by atoms with Crippen LogP contribution in [-0.2, 0) is 0 Å². The molecule has 0 bridgehead atoms. The Balaban J connectivity index is 2.05. The zero-order valence-electron chi connectivity index (χ0n) is 7.13. The number of nitrogens with zero attached hydrogens (tertiary/aromatic N) is 1. The second-order valence-corrected chi connectivity index (χ2v) is 3.34. The SMILES string of the molecule is [CH2]C(O)CCN1CCCCC1. The predicted molar refractivity (Wildman–Crippen MR) is 46.3 cm³/mol. The Morgan fingerprint density at radius 2 is 1.91 bits per heavy atom. The number of hydrogen-bond donors (Lipinski definition) is 1. The predicted octanol–water partition coefficient (Wildman–Crippen LogP) is 1.06. The monoisotopic (exact) mass is 156 g/mol. The van der Waals surface area contributed by atoms with Crippen LogP contribution in [0.25, 0.3) is 0 Å². The van der Waals surface area contributed by atoms with E-state index in [1.807, 2.05) is 0 Å². The van der Waals surface area contributed by atoms with E-state index in [0.29, 0.717) is 0 Å². The summed E-state index contributed by atoms with van der Waals surface area (Å²) in [6.07, 6.45) is 4.47. The highest BCUT2D eigenvalue weighted by Gasteiger charge is 2.09. The lowest BCUT2D eigenvalue weighted by molar-refractivity contribution is 0.162. The molecule has 65 valence electrons. The molecule has 1 unspecified atom stereocenters. The summed E-state index contributed by atoms with van der Waals surface area (Å²) in [5.74, 6) is 0. The quantitative estimate of drug-likeness (QED) is 0.660. The zero-order chi connectivity index (χ0) is 8.10. The van der Waals surface area contributed by atoms with Gasteiger partial charge in [0.05, 0.1) is 6.10 Å². The number of hydrogen-bond acceptors (Lipinski definition) is 2. The summed E-state index contributed by atoms with van der Waals surface area (Å²) in [4.78, 5) is 2.41. The van der Waals surface area contributed by atoms with E-state index < -0.39 is 0 Å². The van der Waals surface area contributed by atoms with E-state index in [-0.39, 0.29) is 6.10 Å². The van der Waals surface area contributed by atoms with Crippen LogP contribution in [0.5, 0.6) is 0 Å². The van der Waals surface area contributed by atoms with Gasteiger partial charge >= 0.3 is 0 Å². The van der Waals surface area contributed by atoms with E-state index in [1.54, 1.807) is 0 Å². The lowest BCUT2D eigenvalue weighted by Gasteiger charge is -2.26. The van der Waals surface area contributed by atoms with Gasteiger partial charge < -0.3 is 10.0 Å². The van der Waals surface area contributed by atoms with Crippen molar-refractivity contribution in [3.63, 3.8) is 0 Å². The van der Waals surface area contributed by atoms with Gasteiger partial charge in [0.1, 0.15) is 0 Å². The summed E-state index contributed by atoms with van der Waals surface area (Å²) < 4.78 is 0. The minimum atomic E-state index is -0.378. The van der Waals surface area contributed by atoms with Crippen molar-refractivity contribution in [1.29, 1.82) is 0 Å². The molecule has 11 heavy (non-hydrogen) atoms. The topological polar surface area (TPSA) is 23.5 Å². The maximum atomic E-state index is 8.95. The van der Waals surface area contributed by atoms with Crippen LogP contribution in [-0.4, -0.2) is 35.7 Å². The van der Waals surface area contributed by atoms with E-state index in [1.165, 1.54) is 32.4 Å². The molecule has 1 N–H and O–H groups in total. The van der Waals surface area contributed by atoms with E-state index in [0.717, 1.165) is 13.0 Å². The maximum Gasteiger partial charge on any atom is 0.0553 e. The van der Waals surface area contributed by atoms with Crippen LogP contribution >= 0.6 is 0 Å². The molecule has 2 heteroatoms. The molecule has 0 aromatic rings. The van der Waals surface area contributed by atoms with Crippen LogP contribution in [0.15, 0.2) is 0 Å². The van der Waals surface area contributed by atoms with Crippen molar-refractivity contribution >= 4 is 0 Å². The van der Waals surface area contributed by atoms with Crippen molar-refractivity contribution in [3.8, 4) is 0 Å². The Morgan fingerprint density at radius 1 is 1.27 bits per heavy atom. The second kappa shape index (κ2) is 4.73. The molecule has 0 aromatic heterocycles. The number of piperidine rings is 1. The van der Waals surface area contributed by atoms with Gasteiger partial charge in [-0.15, -0.1) is 0 Å². The largest absolute Gasteiger partial charge is 0.393 e. The van der Waals surface area contributed by atoms with Crippen molar-refractivity contribution in [1.82, 2.24) is 4.90 Å². The molecule has 1 aliphatic rings. The van der Waals surface area contributed by atoms with Gasteiger partial charge in [0.2, 0.25) is 0 Å². The molecular weight excluding hydrogens is 138 g/mol. The summed E-state index contributed by atoms with van der Waals surface area (Å²) in [5.41, 5.74) is 0. The molecule has 0 spiro atoms. The highest BCUT2D eigenvalue weighted by Crippen LogP contribution is 2.08. The lowest BCUT2D eigenvalue weighted by atomic mass is 10.1. The Bertz CT molecular complexity index is 97.7. The molecule has 1 heterocycles. The molecule has 1 fully saturated rings. The molecule has 1 saturated heterocycles. The summed E-state index contributed by atoms with van der Waals surface area (Å²) in [6, 6.07) is 0. The summed E-state index contributed by atoms with van der Waals surface area (Å²) >= 11 is 0. The fourth-order valence-corrected chi connectivity index (χ4v) is 1.51. The molecule has 2 nitrogen and oxygen atoms in total. The first-order chi connectivity index (χ1) is 5.29. The van der Waals surface area contributed by atoms with E-state index in [4.69, 9.17) is 5.11 Å². The summed E-state index contributed by atoms with van der Waals surface area (Å²) in [7, 11) is 0. The van der Waals surface area contributed by atoms with Gasteiger partial charge in [0, 0.05) is 6.54 Å². The van der Waals surface area contributed by atoms with Gasteiger partial charge in [-0.3, -0.25) is 0 Å². The van der Waals surface area contributed by atoms with E-state index >= 15 is 0 Å².